The first-order valence-electron chi connectivity index (χ1n) is 8.84. The quantitative estimate of drug-likeness (QED) is 0.917. The first-order chi connectivity index (χ1) is 12.5. The van der Waals surface area contributed by atoms with Crippen molar-refractivity contribution in [2.75, 3.05) is 26.2 Å². The van der Waals surface area contributed by atoms with Crippen molar-refractivity contribution in [3.63, 3.8) is 0 Å². The SMILES string of the molecule is CC(C)C(=O)N1CCN(C(=O)c2ccc(-c3ccccc3)[nH]c2=O)CC1. The van der Waals surface area contributed by atoms with Gasteiger partial charge in [0.1, 0.15) is 5.56 Å². The Morgan fingerprint density at radius 2 is 1.54 bits per heavy atom. The Morgan fingerprint density at radius 1 is 0.923 bits per heavy atom. The second kappa shape index (κ2) is 7.56. The van der Waals surface area contributed by atoms with Gasteiger partial charge in [-0.2, -0.15) is 0 Å². The number of pyridine rings is 1. The Morgan fingerprint density at radius 3 is 2.12 bits per heavy atom. The fourth-order valence-corrected chi connectivity index (χ4v) is 3.09. The molecule has 0 spiro atoms. The smallest absolute Gasteiger partial charge is 0.261 e. The number of aromatic nitrogens is 1. The number of aromatic amines is 1. The molecule has 3 rings (SSSR count). The van der Waals surface area contributed by atoms with E-state index < -0.39 is 5.56 Å². The van der Waals surface area contributed by atoms with E-state index in [2.05, 4.69) is 4.98 Å². The van der Waals surface area contributed by atoms with Crippen molar-refractivity contribution in [1.82, 2.24) is 14.8 Å². The first kappa shape index (κ1) is 17.9. The van der Waals surface area contributed by atoms with Crippen LogP contribution < -0.4 is 5.56 Å². The zero-order valence-corrected chi connectivity index (χ0v) is 15.1. The zero-order valence-electron chi connectivity index (χ0n) is 15.1. The molecule has 2 heterocycles. The van der Waals surface area contributed by atoms with Gasteiger partial charge >= 0.3 is 0 Å². The van der Waals surface area contributed by atoms with Crippen molar-refractivity contribution >= 4 is 11.8 Å². The van der Waals surface area contributed by atoms with Crippen molar-refractivity contribution in [3.8, 4) is 11.3 Å². The highest BCUT2D eigenvalue weighted by atomic mass is 16.2. The molecule has 0 atom stereocenters. The van der Waals surface area contributed by atoms with Gasteiger partial charge in [-0.05, 0) is 17.7 Å². The van der Waals surface area contributed by atoms with Gasteiger partial charge in [-0.3, -0.25) is 14.4 Å². The predicted octanol–water partition coefficient (Wildman–Crippen LogP) is 1.98. The molecule has 136 valence electrons. The molecule has 0 radical (unpaired) electrons. The number of piperazine rings is 1. The number of nitrogens with zero attached hydrogens (tertiary/aromatic N) is 2. The molecule has 6 nitrogen and oxygen atoms in total. The van der Waals surface area contributed by atoms with E-state index in [-0.39, 0.29) is 23.3 Å². The number of amides is 2. The molecule has 2 amide bonds. The summed E-state index contributed by atoms with van der Waals surface area (Å²) in [4.78, 5) is 43.3. The molecule has 1 saturated heterocycles. The summed E-state index contributed by atoms with van der Waals surface area (Å²) in [5.41, 5.74) is 1.31. The summed E-state index contributed by atoms with van der Waals surface area (Å²) in [6.07, 6.45) is 0. The molecular weight excluding hydrogens is 330 g/mol. The van der Waals surface area contributed by atoms with Crippen LogP contribution in [-0.4, -0.2) is 52.8 Å². The average Bonchev–Trinajstić information content (AvgIpc) is 2.67. The summed E-state index contributed by atoms with van der Waals surface area (Å²) < 4.78 is 0. The van der Waals surface area contributed by atoms with Gasteiger partial charge in [0.2, 0.25) is 5.91 Å². The van der Waals surface area contributed by atoms with Gasteiger partial charge < -0.3 is 14.8 Å². The molecule has 0 aliphatic carbocycles. The minimum Gasteiger partial charge on any atom is -0.339 e. The third kappa shape index (κ3) is 3.69. The molecule has 0 bridgehead atoms. The largest absolute Gasteiger partial charge is 0.339 e. The summed E-state index contributed by atoms with van der Waals surface area (Å²) in [7, 11) is 0. The van der Waals surface area contributed by atoms with Crippen LogP contribution in [0.25, 0.3) is 11.3 Å². The van der Waals surface area contributed by atoms with Crippen LogP contribution in [0.4, 0.5) is 0 Å². The van der Waals surface area contributed by atoms with Crippen molar-refractivity contribution in [2.45, 2.75) is 13.8 Å². The maximum Gasteiger partial charge on any atom is 0.261 e. The van der Waals surface area contributed by atoms with Gasteiger partial charge in [-0.15, -0.1) is 0 Å². The highest BCUT2D eigenvalue weighted by Crippen LogP contribution is 2.15. The van der Waals surface area contributed by atoms with Crippen LogP contribution >= 0.6 is 0 Å². The van der Waals surface area contributed by atoms with Crippen LogP contribution in [0.5, 0.6) is 0 Å². The van der Waals surface area contributed by atoms with E-state index in [0.717, 1.165) is 5.56 Å². The number of hydrogen-bond acceptors (Lipinski definition) is 3. The van der Waals surface area contributed by atoms with Gasteiger partial charge in [0.05, 0.1) is 0 Å². The minimum absolute atomic E-state index is 0.0503. The van der Waals surface area contributed by atoms with Crippen LogP contribution in [0.15, 0.2) is 47.3 Å². The molecule has 1 N–H and O–H groups in total. The van der Waals surface area contributed by atoms with Crippen LogP contribution in [0.1, 0.15) is 24.2 Å². The second-order valence-electron chi connectivity index (χ2n) is 6.75. The van der Waals surface area contributed by atoms with Gasteiger partial charge in [0, 0.05) is 37.8 Å². The molecule has 26 heavy (non-hydrogen) atoms. The average molecular weight is 353 g/mol. The van der Waals surface area contributed by atoms with Gasteiger partial charge in [0.25, 0.3) is 11.5 Å². The number of carbonyl (C=O) groups is 2. The Bertz CT molecular complexity index is 850. The summed E-state index contributed by atoms with van der Waals surface area (Å²) in [6.45, 7) is 5.63. The molecule has 0 unspecified atom stereocenters. The van der Waals surface area contributed by atoms with E-state index in [1.807, 2.05) is 44.2 Å². The Kier molecular flexibility index (Phi) is 5.21. The minimum atomic E-state index is -0.392. The molecule has 1 aliphatic rings. The van der Waals surface area contributed by atoms with E-state index in [1.165, 1.54) is 0 Å². The predicted molar refractivity (Wildman–Crippen MR) is 99.8 cm³/mol. The molecule has 1 aromatic carbocycles. The van der Waals surface area contributed by atoms with Gasteiger partial charge in [0.15, 0.2) is 0 Å². The summed E-state index contributed by atoms with van der Waals surface area (Å²) in [6, 6.07) is 12.8. The lowest BCUT2D eigenvalue weighted by Crippen LogP contribution is -2.52. The van der Waals surface area contributed by atoms with Crippen LogP contribution in [0.2, 0.25) is 0 Å². The monoisotopic (exact) mass is 353 g/mol. The fraction of sp³-hybridized carbons (Fsp3) is 0.350. The lowest BCUT2D eigenvalue weighted by molar-refractivity contribution is -0.135. The van der Waals surface area contributed by atoms with E-state index in [9.17, 15) is 14.4 Å². The Balaban J connectivity index is 1.71. The molecule has 1 fully saturated rings. The van der Waals surface area contributed by atoms with E-state index in [4.69, 9.17) is 0 Å². The second-order valence-corrected chi connectivity index (χ2v) is 6.75. The molecular formula is C20H23N3O3. The Hall–Kier alpha value is -2.89. The number of rotatable bonds is 3. The van der Waals surface area contributed by atoms with Crippen molar-refractivity contribution in [1.29, 1.82) is 0 Å². The fourth-order valence-electron chi connectivity index (χ4n) is 3.09. The number of hydrogen-bond donors (Lipinski definition) is 1. The normalized spacial score (nSPS) is 14.6. The van der Waals surface area contributed by atoms with Crippen LogP contribution in [0.3, 0.4) is 0 Å². The third-order valence-corrected chi connectivity index (χ3v) is 4.60. The lowest BCUT2D eigenvalue weighted by Gasteiger charge is -2.35. The van der Waals surface area contributed by atoms with Crippen LogP contribution in [-0.2, 0) is 4.79 Å². The summed E-state index contributed by atoms with van der Waals surface area (Å²) in [5.74, 6) is -0.240. The topological polar surface area (TPSA) is 73.5 Å². The molecule has 0 saturated carbocycles. The molecule has 2 aromatic rings. The Labute approximate surface area is 152 Å². The van der Waals surface area contributed by atoms with E-state index in [1.54, 1.807) is 21.9 Å². The molecule has 1 aliphatic heterocycles. The zero-order chi connectivity index (χ0) is 18.7. The standard InChI is InChI=1S/C20H23N3O3/c1-14(2)19(25)22-10-12-23(13-11-22)20(26)16-8-9-17(21-18(16)24)15-6-4-3-5-7-15/h3-9,14H,10-13H2,1-2H3,(H,21,24). The van der Waals surface area contributed by atoms with Gasteiger partial charge in [-0.25, -0.2) is 0 Å². The van der Waals surface area contributed by atoms with Gasteiger partial charge in [-0.1, -0.05) is 44.2 Å². The first-order valence-corrected chi connectivity index (χ1v) is 8.84. The summed E-state index contributed by atoms with van der Waals surface area (Å²) >= 11 is 0. The highest BCUT2D eigenvalue weighted by Gasteiger charge is 2.27. The van der Waals surface area contributed by atoms with Crippen molar-refractivity contribution < 1.29 is 9.59 Å². The van der Waals surface area contributed by atoms with E-state index in [0.29, 0.717) is 31.9 Å². The highest BCUT2D eigenvalue weighted by molar-refractivity contribution is 5.94. The third-order valence-electron chi connectivity index (χ3n) is 4.60. The van der Waals surface area contributed by atoms with Crippen molar-refractivity contribution in [3.05, 3.63) is 58.4 Å². The number of carbonyl (C=O) groups excluding carboxylic acids is 2. The van der Waals surface area contributed by atoms with Crippen LogP contribution in [0, 0.1) is 5.92 Å². The van der Waals surface area contributed by atoms with E-state index >= 15 is 0 Å². The number of nitrogens with one attached hydrogen (secondary N) is 1. The number of H-pyrrole nitrogens is 1. The molecule has 1 aromatic heterocycles. The number of benzene rings is 1. The maximum atomic E-state index is 12.7. The lowest BCUT2D eigenvalue weighted by atomic mass is 10.1. The molecule has 6 heteroatoms. The van der Waals surface area contributed by atoms with Crippen molar-refractivity contribution in [2.24, 2.45) is 5.92 Å². The maximum absolute atomic E-state index is 12.7. The summed E-state index contributed by atoms with van der Waals surface area (Å²) in [5, 5.41) is 0.